The Balaban J connectivity index is 1.64. The smallest absolute Gasteiger partial charge is 0.251 e. The van der Waals surface area contributed by atoms with Gasteiger partial charge in [0, 0.05) is 25.2 Å². The molecule has 0 bridgehead atoms. The van der Waals surface area contributed by atoms with E-state index in [4.69, 9.17) is 9.72 Å². The van der Waals surface area contributed by atoms with Gasteiger partial charge in [0.05, 0.1) is 5.52 Å². The van der Waals surface area contributed by atoms with Crippen LogP contribution in [0.3, 0.4) is 0 Å². The molecule has 1 aliphatic heterocycles. The van der Waals surface area contributed by atoms with E-state index < -0.39 is 0 Å². The average molecular weight is 385 g/mol. The van der Waals surface area contributed by atoms with Crippen LogP contribution in [0.5, 0.6) is 5.75 Å². The van der Waals surface area contributed by atoms with E-state index >= 15 is 0 Å². The first-order valence-electron chi connectivity index (χ1n) is 9.93. The molecule has 2 heterocycles. The molecular formula is C24H23N3O2. The van der Waals surface area contributed by atoms with Gasteiger partial charge < -0.3 is 14.6 Å². The quantitative estimate of drug-likeness (QED) is 0.554. The maximum Gasteiger partial charge on any atom is 0.251 e. The van der Waals surface area contributed by atoms with E-state index in [1.807, 2.05) is 24.6 Å². The van der Waals surface area contributed by atoms with Gasteiger partial charge in [-0.25, -0.2) is 4.98 Å². The van der Waals surface area contributed by atoms with Crippen LogP contribution in [0.15, 0.2) is 48.5 Å². The van der Waals surface area contributed by atoms with Crippen LogP contribution in [0, 0.1) is 6.92 Å². The Morgan fingerprint density at radius 1 is 1.17 bits per heavy atom. The maximum absolute atomic E-state index is 12.5. The van der Waals surface area contributed by atoms with E-state index in [-0.39, 0.29) is 12.0 Å². The highest BCUT2D eigenvalue weighted by Gasteiger charge is 2.29. The minimum Gasteiger partial charge on any atom is -0.483 e. The molecule has 0 fully saturated rings. The molecule has 1 amide bonds. The Morgan fingerprint density at radius 3 is 2.76 bits per heavy atom. The predicted molar refractivity (Wildman–Crippen MR) is 114 cm³/mol. The van der Waals surface area contributed by atoms with E-state index in [1.165, 1.54) is 10.8 Å². The third kappa shape index (κ3) is 2.77. The Morgan fingerprint density at radius 2 is 1.97 bits per heavy atom. The Hall–Kier alpha value is -3.34. The van der Waals surface area contributed by atoms with Crippen molar-refractivity contribution >= 4 is 27.7 Å². The van der Waals surface area contributed by atoms with Crippen LogP contribution in [0.4, 0.5) is 0 Å². The zero-order chi connectivity index (χ0) is 20.1. The van der Waals surface area contributed by atoms with Gasteiger partial charge in [-0.15, -0.1) is 0 Å². The third-order valence-electron chi connectivity index (χ3n) is 5.99. The zero-order valence-corrected chi connectivity index (χ0v) is 16.8. The lowest BCUT2D eigenvalue weighted by Crippen LogP contribution is -2.23. The van der Waals surface area contributed by atoms with Crippen molar-refractivity contribution in [2.24, 2.45) is 7.05 Å². The molecule has 0 radical (unpaired) electrons. The summed E-state index contributed by atoms with van der Waals surface area (Å²) in [5, 5.41) is 5.19. The highest BCUT2D eigenvalue weighted by atomic mass is 16.5. The molecule has 0 spiro atoms. The second kappa shape index (κ2) is 6.62. The van der Waals surface area contributed by atoms with Crippen LogP contribution in [0.1, 0.15) is 39.8 Å². The Labute approximate surface area is 169 Å². The van der Waals surface area contributed by atoms with Crippen molar-refractivity contribution in [3.63, 3.8) is 0 Å². The monoisotopic (exact) mass is 385 g/mol. The lowest BCUT2D eigenvalue weighted by Gasteiger charge is -2.28. The SMILES string of the molecule is CNC(=O)c1cc2c(nc(C)n2C)c2c1CC[C@@H](c1ccc3ccccc3c1)O2. The topological polar surface area (TPSA) is 56.2 Å². The van der Waals surface area contributed by atoms with Crippen molar-refractivity contribution in [1.29, 1.82) is 0 Å². The van der Waals surface area contributed by atoms with Crippen LogP contribution in [0.2, 0.25) is 0 Å². The van der Waals surface area contributed by atoms with Crippen LogP contribution in [0.25, 0.3) is 21.8 Å². The summed E-state index contributed by atoms with van der Waals surface area (Å²) in [6.45, 7) is 1.97. The van der Waals surface area contributed by atoms with E-state index in [2.05, 4.69) is 47.8 Å². The van der Waals surface area contributed by atoms with Gasteiger partial charge in [-0.3, -0.25) is 4.79 Å². The first-order chi connectivity index (χ1) is 14.1. The number of aromatic nitrogens is 2. The zero-order valence-electron chi connectivity index (χ0n) is 16.8. The van der Waals surface area contributed by atoms with Gasteiger partial charge in [0.1, 0.15) is 17.4 Å². The molecule has 0 aliphatic carbocycles. The minimum atomic E-state index is -0.0882. The molecule has 4 aromatic rings. The molecule has 0 saturated heterocycles. The normalized spacial score (nSPS) is 15.9. The van der Waals surface area contributed by atoms with Gasteiger partial charge in [0.2, 0.25) is 0 Å². The highest BCUT2D eigenvalue weighted by Crippen LogP contribution is 2.42. The molecule has 1 N–H and O–H groups in total. The van der Waals surface area contributed by atoms with Crippen molar-refractivity contribution in [1.82, 2.24) is 14.9 Å². The van der Waals surface area contributed by atoms with E-state index in [0.29, 0.717) is 5.56 Å². The maximum atomic E-state index is 12.5. The highest BCUT2D eigenvalue weighted by molar-refractivity contribution is 6.01. The fourth-order valence-electron chi connectivity index (χ4n) is 4.28. The number of nitrogens with one attached hydrogen (secondary N) is 1. The summed E-state index contributed by atoms with van der Waals surface area (Å²) in [4.78, 5) is 17.3. The lowest BCUT2D eigenvalue weighted by atomic mass is 9.92. The Bertz CT molecular complexity index is 1270. The number of hydrogen-bond acceptors (Lipinski definition) is 3. The molecular weight excluding hydrogens is 362 g/mol. The summed E-state index contributed by atoms with van der Waals surface area (Å²) in [6.07, 6.45) is 1.55. The fourth-order valence-corrected chi connectivity index (χ4v) is 4.28. The van der Waals surface area contributed by atoms with E-state index in [0.717, 1.165) is 46.6 Å². The number of imidazole rings is 1. The first kappa shape index (κ1) is 17.7. The summed E-state index contributed by atoms with van der Waals surface area (Å²) in [5.74, 6) is 1.55. The van der Waals surface area contributed by atoms with Crippen molar-refractivity contribution in [3.8, 4) is 5.75 Å². The van der Waals surface area contributed by atoms with Crippen molar-refractivity contribution in [2.45, 2.75) is 25.9 Å². The van der Waals surface area contributed by atoms with E-state index in [9.17, 15) is 4.79 Å². The molecule has 3 aromatic carbocycles. The second-order valence-corrected chi connectivity index (χ2v) is 7.65. The van der Waals surface area contributed by atoms with Crippen molar-refractivity contribution in [3.05, 3.63) is 71.0 Å². The largest absolute Gasteiger partial charge is 0.483 e. The predicted octanol–water partition coefficient (Wildman–Crippen LogP) is 4.46. The number of ether oxygens (including phenoxy) is 1. The summed E-state index contributed by atoms with van der Waals surface area (Å²) in [6, 6.07) is 16.8. The molecule has 146 valence electrons. The number of aryl methyl sites for hydroxylation is 2. The number of nitrogens with zero attached hydrogens (tertiary/aromatic N) is 2. The molecule has 5 heteroatoms. The summed E-state index contributed by atoms with van der Waals surface area (Å²) < 4.78 is 8.53. The second-order valence-electron chi connectivity index (χ2n) is 7.65. The van der Waals surface area contributed by atoms with Crippen molar-refractivity contribution in [2.75, 3.05) is 7.05 Å². The average Bonchev–Trinajstić information content (AvgIpc) is 3.06. The minimum absolute atomic E-state index is 0.0578. The number of carbonyl (C=O) groups excluding carboxylic acids is 1. The van der Waals surface area contributed by atoms with Crippen molar-refractivity contribution < 1.29 is 9.53 Å². The third-order valence-corrected chi connectivity index (χ3v) is 5.99. The summed E-state index contributed by atoms with van der Waals surface area (Å²) >= 11 is 0. The molecule has 0 unspecified atom stereocenters. The number of carbonyl (C=O) groups is 1. The standard InChI is InChI=1S/C24H23N3O2/c1-14-26-22-20(27(14)3)13-19(24(28)25-2)18-10-11-21(29-23(18)22)17-9-8-15-6-4-5-7-16(15)12-17/h4-9,12-13,21H,10-11H2,1-3H3,(H,25,28)/t21-/m0/s1. The van der Waals surface area contributed by atoms with E-state index in [1.54, 1.807) is 7.05 Å². The van der Waals surface area contributed by atoms with Gasteiger partial charge in [-0.2, -0.15) is 0 Å². The lowest BCUT2D eigenvalue weighted by molar-refractivity contribution is 0.0959. The number of fused-ring (bicyclic) bond motifs is 4. The Kier molecular flexibility index (Phi) is 4.05. The number of amides is 1. The molecule has 0 saturated carbocycles. The van der Waals surface area contributed by atoms with Crippen LogP contribution in [-0.4, -0.2) is 22.5 Å². The van der Waals surface area contributed by atoms with Gasteiger partial charge in [0.15, 0.2) is 5.75 Å². The van der Waals surface area contributed by atoms with Gasteiger partial charge in [-0.05, 0) is 48.2 Å². The fraction of sp³-hybridized carbons (Fsp3) is 0.250. The van der Waals surface area contributed by atoms with Crippen LogP contribution in [-0.2, 0) is 13.5 Å². The first-order valence-corrected chi connectivity index (χ1v) is 9.93. The van der Waals surface area contributed by atoms with Crippen LogP contribution >= 0.6 is 0 Å². The molecule has 1 atom stereocenters. The number of rotatable bonds is 2. The molecule has 5 rings (SSSR count). The van der Waals surface area contributed by atoms with Gasteiger partial charge in [-0.1, -0.05) is 36.4 Å². The molecule has 1 aromatic heterocycles. The number of benzene rings is 3. The number of hydrogen-bond donors (Lipinski definition) is 1. The summed E-state index contributed by atoms with van der Waals surface area (Å²) in [7, 11) is 3.63. The van der Waals surface area contributed by atoms with Gasteiger partial charge >= 0.3 is 0 Å². The molecule has 1 aliphatic rings. The molecule has 5 nitrogen and oxygen atoms in total. The van der Waals surface area contributed by atoms with Gasteiger partial charge in [0.25, 0.3) is 5.91 Å². The summed E-state index contributed by atoms with van der Waals surface area (Å²) in [5.41, 5.74) is 4.53. The molecule has 29 heavy (non-hydrogen) atoms. The van der Waals surface area contributed by atoms with Crippen LogP contribution < -0.4 is 10.1 Å².